The molecule has 0 saturated carbocycles. The Balaban J connectivity index is 1.46. The molecule has 1 aromatic carbocycles. The van der Waals surface area contributed by atoms with Gasteiger partial charge in [0.25, 0.3) is 5.91 Å². The zero-order chi connectivity index (χ0) is 23.0. The lowest BCUT2D eigenvalue weighted by molar-refractivity contribution is -0.127. The van der Waals surface area contributed by atoms with Crippen LogP contribution in [0.3, 0.4) is 0 Å². The first-order valence-electron chi connectivity index (χ1n) is 11.1. The maximum absolute atomic E-state index is 12.7. The van der Waals surface area contributed by atoms with Crippen LogP contribution in [-0.2, 0) is 11.3 Å². The van der Waals surface area contributed by atoms with Crippen LogP contribution in [0.15, 0.2) is 23.2 Å². The van der Waals surface area contributed by atoms with Crippen molar-refractivity contribution in [2.24, 2.45) is 10.9 Å². The average Bonchev–Trinajstić information content (AvgIpc) is 3.13. The molecule has 1 N–H and O–H groups in total. The van der Waals surface area contributed by atoms with Crippen molar-refractivity contribution in [3.05, 3.63) is 33.8 Å². The predicted molar refractivity (Wildman–Crippen MR) is 126 cm³/mol. The van der Waals surface area contributed by atoms with Crippen molar-refractivity contribution in [2.45, 2.75) is 39.0 Å². The molecule has 0 aromatic heterocycles. The molecule has 3 aliphatic rings. The van der Waals surface area contributed by atoms with Crippen LogP contribution in [0.1, 0.15) is 25.8 Å². The maximum Gasteiger partial charge on any atom is 0.325 e. The van der Waals surface area contributed by atoms with Crippen LogP contribution in [0, 0.1) is 5.92 Å². The summed E-state index contributed by atoms with van der Waals surface area (Å²) >= 11 is 12.4. The van der Waals surface area contributed by atoms with Gasteiger partial charge in [-0.2, -0.15) is 0 Å². The third kappa shape index (κ3) is 4.67. The highest BCUT2D eigenvalue weighted by molar-refractivity contribution is 6.35. The third-order valence-corrected chi connectivity index (χ3v) is 6.94. The van der Waals surface area contributed by atoms with Crippen LogP contribution in [0.5, 0.6) is 0 Å². The number of amides is 3. The number of likely N-dealkylation sites (N-methyl/N-ethyl adjacent to an activating group) is 1. The van der Waals surface area contributed by atoms with E-state index < -0.39 is 18.2 Å². The van der Waals surface area contributed by atoms with Crippen LogP contribution in [0.4, 0.5) is 4.79 Å². The van der Waals surface area contributed by atoms with E-state index in [2.05, 4.69) is 33.9 Å². The van der Waals surface area contributed by atoms with Gasteiger partial charge in [-0.05, 0) is 30.0 Å². The number of carbonyl (C=O) groups is 2. The van der Waals surface area contributed by atoms with E-state index in [0.29, 0.717) is 16.0 Å². The fraction of sp³-hybridized carbons (Fsp3) is 0.591. The number of halogens is 2. The normalized spacial score (nSPS) is 24.2. The largest absolute Gasteiger partial charge is 0.340 e. The van der Waals surface area contributed by atoms with Crippen molar-refractivity contribution in [1.29, 1.82) is 0 Å². The number of rotatable bonds is 5. The summed E-state index contributed by atoms with van der Waals surface area (Å²) < 4.78 is 0. The Hall–Kier alpha value is -2.03. The lowest BCUT2D eigenvalue weighted by atomic mass is 10.1. The summed E-state index contributed by atoms with van der Waals surface area (Å²) in [7, 11) is 1.69. The number of fused-ring (bicyclic) bond motifs is 1. The molecule has 3 aliphatic heterocycles. The number of hydrogen-bond acceptors (Lipinski definition) is 6. The highest BCUT2D eigenvalue weighted by atomic mass is 35.5. The van der Waals surface area contributed by atoms with Crippen molar-refractivity contribution in [3.63, 3.8) is 0 Å². The summed E-state index contributed by atoms with van der Waals surface area (Å²) in [5, 5.41) is 3.79. The average molecular weight is 481 g/mol. The topological polar surface area (TPSA) is 71.5 Å². The molecule has 174 valence electrons. The number of hydrogen-bond donors (Lipinski definition) is 1. The summed E-state index contributed by atoms with van der Waals surface area (Å²) in [6, 6.07) is 4.75. The highest BCUT2D eigenvalue weighted by Crippen LogP contribution is 2.27. The first-order valence-corrected chi connectivity index (χ1v) is 11.8. The second-order valence-electron chi connectivity index (χ2n) is 9.07. The van der Waals surface area contributed by atoms with Gasteiger partial charge in [-0.25, -0.2) is 9.79 Å². The van der Waals surface area contributed by atoms with E-state index in [4.69, 9.17) is 28.2 Å². The molecule has 0 spiro atoms. The number of aliphatic imine (C=N–C) groups is 1. The van der Waals surface area contributed by atoms with Crippen molar-refractivity contribution in [1.82, 2.24) is 24.9 Å². The third-order valence-electron chi connectivity index (χ3n) is 6.35. The molecular formula is C22H30Cl2N6O2. The lowest BCUT2D eigenvalue weighted by Crippen LogP contribution is -2.64. The molecule has 0 bridgehead atoms. The van der Waals surface area contributed by atoms with E-state index in [9.17, 15) is 9.59 Å². The zero-order valence-electron chi connectivity index (χ0n) is 18.7. The summed E-state index contributed by atoms with van der Waals surface area (Å²) in [5.74, 6) is 1.06. The fourth-order valence-electron chi connectivity index (χ4n) is 4.41. The Morgan fingerprint density at radius 2 is 1.88 bits per heavy atom. The molecule has 4 rings (SSSR count). The quantitative estimate of drug-likeness (QED) is 0.701. The van der Waals surface area contributed by atoms with Gasteiger partial charge in [-0.1, -0.05) is 43.1 Å². The Morgan fingerprint density at radius 3 is 2.53 bits per heavy atom. The van der Waals surface area contributed by atoms with Crippen molar-refractivity contribution in [3.8, 4) is 0 Å². The van der Waals surface area contributed by atoms with E-state index in [0.717, 1.165) is 57.2 Å². The highest BCUT2D eigenvalue weighted by Gasteiger charge is 2.49. The Bertz CT molecular complexity index is 916. The molecule has 0 aliphatic carbocycles. The number of nitrogens with one attached hydrogen (secondary N) is 1. The molecule has 32 heavy (non-hydrogen) atoms. The van der Waals surface area contributed by atoms with Crippen LogP contribution < -0.4 is 5.32 Å². The minimum atomic E-state index is -0.482. The number of imide groups is 1. The molecule has 2 fully saturated rings. The van der Waals surface area contributed by atoms with E-state index in [-0.39, 0.29) is 5.91 Å². The SMILES string of the molecule is CC(C)CCN1C(N2CCN(Cc3ccc(Cl)cc3Cl)CC2)=NC2C1C(=O)NC(=O)N2C. The first-order chi connectivity index (χ1) is 15.2. The predicted octanol–water partition coefficient (Wildman–Crippen LogP) is 2.71. The number of benzene rings is 1. The van der Waals surface area contributed by atoms with Gasteiger partial charge in [0.15, 0.2) is 18.2 Å². The van der Waals surface area contributed by atoms with Gasteiger partial charge in [0, 0.05) is 56.4 Å². The Labute approximate surface area is 199 Å². The van der Waals surface area contributed by atoms with Crippen molar-refractivity contribution >= 4 is 41.1 Å². The fourth-order valence-corrected chi connectivity index (χ4v) is 4.88. The minimum absolute atomic E-state index is 0.267. The first kappa shape index (κ1) is 23.1. The molecule has 2 saturated heterocycles. The number of guanidine groups is 1. The second-order valence-corrected chi connectivity index (χ2v) is 9.91. The van der Waals surface area contributed by atoms with Gasteiger partial charge in [0.05, 0.1) is 0 Å². The number of urea groups is 1. The maximum atomic E-state index is 12.7. The molecule has 8 nitrogen and oxygen atoms in total. The van der Waals surface area contributed by atoms with Crippen LogP contribution >= 0.6 is 23.2 Å². The summed E-state index contributed by atoms with van der Waals surface area (Å²) in [4.78, 5) is 37.9. The number of piperazine rings is 1. The number of nitrogens with zero attached hydrogens (tertiary/aromatic N) is 5. The zero-order valence-corrected chi connectivity index (χ0v) is 20.2. The van der Waals surface area contributed by atoms with E-state index in [1.54, 1.807) is 13.1 Å². The molecule has 3 heterocycles. The van der Waals surface area contributed by atoms with Gasteiger partial charge in [-0.15, -0.1) is 0 Å². The summed E-state index contributed by atoms with van der Waals surface area (Å²) in [6.45, 7) is 9.12. The summed E-state index contributed by atoms with van der Waals surface area (Å²) in [6.07, 6.45) is 0.465. The van der Waals surface area contributed by atoms with Gasteiger partial charge < -0.3 is 14.7 Å². The molecule has 3 amide bonds. The Morgan fingerprint density at radius 1 is 1.16 bits per heavy atom. The molecule has 1 aromatic rings. The van der Waals surface area contributed by atoms with Crippen molar-refractivity contribution in [2.75, 3.05) is 39.8 Å². The smallest absolute Gasteiger partial charge is 0.325 e. The summed E-state index contributed by atoms with van der Waals surface area (Å²) in [5.41, 5.74) is 1.06. The van der Waals surface area contributed by atoms with Crippen LogP contribution in [-0.4, -0.2) is 89.5 Å². The molecule has 2 atom stereocenters. The van der Waals surface area contributed by atoms with E-state index in [1.807, 2.05) is 12.1 Å². The molecule has 2 unspecified atom stereocenters. The van der Waals surface area contributed by atoms with Gasteiger partial charge in [-0.3, -0.25) is 15.0 Å². The molecule has 10 heteroatoms. The van der Waals surface area contributed by atoms with E-state index >= 15 is 0 Å². The monoisotopic (exact) mass is 480 g/mol. The standard InChI is InChI=1S/C22H30Cl2N6O2/c1-14(2)6-7-30-18-19(27(3)22(32)26-20(18)31)25-21(30)29-10-8-28(9-11-29)13-15-4-5-16(23)12-17(15)24/h4-5,12,14,18-19H,6-11,13H2,1-3H3,(H,26,31,32). The van der Waals surface area contributed by atoms with Crippen molar-refractivity contribution < 1.29 is 9.59 Å². The van der Waals surface area contributed by atoms with Gasteiger partial charge >= 0.3 is 6.03 Å². The molecule has 0 radical (unpaired) electrons. The van der Waals surface area contributed by atoms with Crippen LogP contribution in [0.25, 0.3) is 0 Å². The van der Waals surface area contributed by atoms with Gasteiger partial charge in [0.1, 0.15) is 0 Å². The van der Waals surface area contributed by atoms with E-state index in [1.165, 1.54) is 4.90 Å². The lowest BCUT2D eigenvalue weighted by Gasteiger charge is -2.40. The van der Waals surface area contributed by atoms with Crippen LogP contribution in [0.2, 0.25) is 10.0 Å². The number of carbonyl (C=O) groups excluding carboxylic acids is 2. The van der Waals surface area contributed by atoms with Gasteiger partial charge in [0.2, 0.25) is 0 Å². The molecular weight excluding hydrogens is 451 g/mol. The Kier molecular flexibility index (Phi) is 6.83. The minimum Gasteiger partial charge on any atom is -0.340 e. The second kappa shape index (κ2) is 9.45.